The molecule has 94 valence electrons. The van der Waals surface area contributed by atoms with E-state index in [0.29, 0.717) is 0 Å². The van der Waals surface area contributed by atoms with Crippen LogP contribution in [0.1, 0.15) is 13.8 Å². The van der Waals surface area contributed by atoms with Crippen molar-refractivity contribution in [3.8, 4) is 6.01 Å². The molecule has 0 aliphatic rings. The molecule has 0 saturated heterocycles. The number of carboxylic acid groups (broad SMARTS) is 1. The SMILES string of the molecule is COc1ncc(Cl)c(NC(C(=O)O)C(C)C)n1. The number of nitrogens with one attached hydrogen (secondary N) is 1. The summed E-state index contributed by atoms with van der Waals surface area (Å²) in [5, 5.41) is 12.0. The number of halogens is 1. The lowest BCUT2D eigenvalue weighted by Gasteiger charge is -2.19. The predicted octanol–water partition coefficient (Wildman–Crippen LogP) is 1.66. The Morgan fingerprint density at radius 2 is 2.24 bits per heavy atom. The number of hydrogen-bond acceptors (Lipinski definition) is 5. The van der Waals surface area contributed by atoms with Crippen LogP contribution in [0.4, 0.5) is 5.82 Å². The molecule has 2 N–H and O–H groups in total. The summed E-state index contributed by atoms with van der Waals surface area (Å²) in [7, 11) is 1.42. The van der Waals surface area contributed by atoms with Gasteiger partial charge >= 0.3 is 12.0 Å². The van der Waals surface area contributed by atoms with Crippen LogP contribution in [0, 0.1) is 5.92 Å². The zero-order valence-electron chi connectivity index (χ0n) is 9.77. The Balaban J connectivity index is 2.96. The minimum Gasteiger partial charge on any atom is -0.480 e. The van der Waals surface area contributed by atoms with Crippen molar-refractivity contribution in [1.29, 1.82) is 0 Å². The predicted molar refractivity (Wildman–Crippen MR) is 63.5 cm³/mol. The number of nitrogens with zero attached hydrogens (tertiary/aromatic N) is 2. The molecule has 1 aromatic heterocycles. The Bertz CT molecular complexity index is 412. The van der Waals surface area contributed by atoms with Crippen molar-refractivity contribution in [2.24, 2.45) is 5.92 Å². The van der Waals surface area contributed by atoms with Crippen LogP contribution in [0.15, 0.2) is 6.20 Å². The molecule has 1 unspecified atom stereocenters. The van der Waals surface area contributed by atoms with Gasteiger partial charge in [0.25, 0.3) is 0 Å². The Morgan fingerprint density at radius 3 is 2.71 bits per heavy atom. The van der Waals surface area contributed by atoms with Crippen molar-refractivity contribution in [3.63, 3.8) is 0 Å². The van der Waals surface area contributed by atoms with Crippen LogP contribution in [0.5, 0.6) is 6.01 Å². The number of hydrogen-bond donors (Lipinski definition) is 2. The van der Waals surface area contributed by atoms with Crippen molar-refractivity contribution in [2.45, 2.75) is 19.9 Å². The number of aromatic nitrogens is 2. The molecule has 1 atom stereocenters. The molecule has 0 fully saturated rings. The minimum atomic E-state index is -0.964. The van der Waals surface area contributed by atoms with Gasteiger partial charge in [0.15, 0.2) is 5.82 Å². The first-order valence-electron chi connectivity index (χ1n) is 5.01. The molecular formula is C10H14ClN3O3. The molecule has 17 heavy (non-hydrogen) atoms. The van der Waals surface area contributed by atoms with Gasteiger partial charge in [0.05, 0.1) is 13.3 Å². The van der Waals surface area contributed by atoms with Gasteiger partial charge in [-0.3, -0.25) is 0 Å². The normalized spacial score (nSPS) is 12.3. The molecule has 1 rings (SSSR count). The van der Waals surface area contributed by atoms with Gasteiger partial charge < -0.3 is 15.2 Å². The van der Waals surface area contributed by atoms with E-state index in [0.717, 1.165) is 0 Å². The van der Waals surface area contributed by atoms with E-state index in [-0.39, 0.29) is 22.8 Å². The Kier molecular flexibility index (Phi) is 4.51. The second-order valence-electron chi connectivity index (χ2n) is 3.76. The van der Waals surface area contributed by atoms with Crippen LogP contribution in [-0.2, 0) is 4.79 Å². The Hall–Kier alpha value is -1.56. The number of ether oxygens (including phenoxy) is 1. The molecule has 7 heteroatoms. The third-order valence-corrected chi connectivity index (χ3v) is 2.41. The highest BCUT2D eigenvalue weighted by Crippen LogP contribution is 2.22. The van der Waals surface area contributed by atoms with Gasteiger partial charge in [0.2, 0.25) is 0 Å². The minimum absolute atomic E-state index is 0.107. The molecular weight excluding hydrogens is 246 g/mol. The van der Waals surface area contributed by atoms with Crippen LogP contribution >= 0.6 is 11.6 Å². The zero-order valence-corrected chi connectivity index (χ0v) is 10.5. The van der Waals surface area contributed by atoms with Gasteiger partial charge in [-0.05, 0) is 5.92 Å². The summed E-state index contributed by atoms with van der Waals surface area (Å²) in [6.45, 7) is 3.58. The average Bonchev–Trinajstić information content (AvgIpc) is 2.27. The fraction of sp³-hybridized carbons (Fsp3) is 0.500. The fourth-order valence-corrected chi connectivity index (χ4v) is 1.36. The maximum Gasteiger partial charge on any atom is 0.326 e. The van der Waals surface area contributed by atoms with Crippen molar-refractivity contribution in [1.82, 2.24) is 9.97 Å². The number of aliphatic carboxylic acids is 1. The highest BCUT2D eigenvalue weighted by atomic mass is 35.5. The Morgan fingerprint density at radius 1 is 1.59 bits per heavy atom. The standard InChI is InChI=1S/C10H14ClN3O3/c1-5(2)7(9(15)16)13-8-6(11)4-12-10(14-8)17-3/h4-5,7H,1-3H3,(H,15,16)(H,12,13,14). The molecule has 0 aliphatic heterocycles. The monoisotopic (exact) mass is 259 g/mol. The highest BCUT2D eigenvalue weighted by Gasteiger charge is 2.22. The second-order valence-corrected chi connectivity index (χ2v) is 4.16. The lowest BCUT2D eigenvalue weighted by atomic mass is 10.1. The molecule has 0 radical (unpaired) electrons. The topological polar surface area (TPSA) is 84.3 Å². The van der Waals surface area contributed by atoms with E-state index >= 15 is 0 Å². The molecule has 6 nitrogen and oxygen atoms in total. The highest BCUT2D eigenvalue weighted by molar-refractivity contribution is 6.32. The molecule has 0 bridgehead atoms. The first-order valence-corrected chi connectivity index (χ1v) is 5.39. The average molecular weight is 260 g/mol. The number of carbonyl (C=O) groups is 1. The van der Waals surface area contributed by atoms with Crippen LogP contribution in [0.2, 0.25) is 5.02 Å². The van der Waals surface area contributed by atoms with Gasteiger partial charge in [-0.15, -0.1) is 0 Å². The third kappa shape index (κ3) is 3.45. The van der Waals surface area contributed by atoms with Crippen LogP contribution in [-0.4, -0.2) is 34.2 Å². The van der Waals surface area contributed by atoms with Crippen LogP contribution in [0.25, 0.3) is 0 Å². The van der Waals surface area contributed by atoms with Crippen LogP contribution < -0.4 is 10.1 Å². The fourth-order valence-electron chi connectivity index (χ4n) is 1.21. The van der Waals surface area contributed by atoms with E-state index in [2.05, 4.69) is 15.3 Å². The first kappa shape index (κ1) is 13.5. The van der Waals surface area contributed by atoms with E-state index < -0.39 is 12.0 Å². The quantitative estimate of drug-likeness (QED) is 0.837. The molecule has 1 heterocycles. The third-order valence-electron chi connectivity index (χ3n) is 2.13. The summed E-state index contributed by atoms with van der Waals surface area (Å²) in [6, 6.07) is -0.642. The summed E-state index contributed by atoms with van der Waals surface area (Å²) in [4.78, 5) is 18.8. The van der Waals surface area contributed by atoms with Crippen molar-refractivity contribution in [3.05, 3.63) is 11.2 Å². The molecule has 0 aromatic carbocycles. The summed E-state index contributed by atoms with van der Waals surface area (Å²) >= 11 is 5.87. The molecule has 0 aliphatic carbocycles. The van der Waals surface area contributed by atoms with Gasteiger partial charge in [0.1, 0.15) is 11.1 Å². The number of carboxylic acids is 1. The van der Waals surface area contributed by atoms with Crippen LogP contribution in [0.3, 0.4) is 0 Å². The largest absolute Gasteiger partial charge is 0.480 e. The van der Waals surface area contributed by atoms with E-state index in [1.54, 1.807) is 13.8 Å². The van der Waals surface area contributed by atoms with Crippen molar-refractivity contribution < 1.29 is 14.6 Å². The first-order chi connectivity index (χ1) is 7.95. The summed E-state index contributed by atoms with van der Waals surface area (Å²) in [5.74, 6) is -0.821. The number of methoxy groups -OCH3 is 1. The second kappa shape index (κ2) is 5.67. The van der Waals surface area contributed by atoms with E-state index in [9.17, 15) is 4.79 Å². The number of anilines is 1. The molecule has 0 amide bonds. The maximum atomic E-state index is 11.0. The van der Waals surface area contributed by atoms with Crippen molar-refractivity contribution in [2.75, 3.05) is 12.4 Å². The van der Waals surface area contributed by atoms with E-state index in [4.69, 9.17) is 21.4 Å². The molecule has 0 saturated carbocycles. The van der Waals surface area contributed by atoms with Crippen molar-refractivity contribution >= 4 is 23.4 Å². The lowest BCUT2D eigenvalue weighted by molar-refractivity contribution is -0.138. The summed E-state index contributed by atoms with van der Waals surface area (Å²) in [6.07, 6.45) is 1.36. The summed E-state index contributed by atoms with van der Waals surface area (Å²) in [5.41, 5.74) is 0. The smallest absolute Gasteiger partial charge is 0.326 e. The van der Waals surface area contributed by atoms with Gasteiger partial charge in [-0.2, -0.15) is 4.98 Å². The summed E-state index contributed by atoms with van der Waals surface area (Å²) < 4.78 is 4.84. The zero-order chi connectivity index (χ0) is 13.0. The molecule has 1 aromatic rings. The van der Waals surface area contributed by atoms with Gasteiger partial charge in [0, 0.05) is 0 Å². The van der Waals surface area contributed by atoms with Gasteiger partial charge in [-0.25, -0.2) is 9.78 Å². The molecule has 0 spiro atoms. The lowest BCUT2D eigenvalue weighted by Crippen LogP contribution is -2.34. The van der Waals surface area contributed by atoms with Gasteiger partial charge in [-0.1, -0.05) is 25.4 Å². The number of rotatable bonds is 5. The van der Waals surface area contributed by atoms with E-state index in [1.807, 2.05) is 0 Å². The maximum absolute atomic E-state index is 11.0. The van der Waals surface area contributed by atoms with E-state index in [1.165, 1.54) is 13.3 Å². The Labute approximate surface area is 104 Å².